The van der Waals surface area contributed by atoms with E-state index in [1.165, 1.54) is 76.3 Å². The van der Waals surface area contributed by atoms with Crippen LogP contribution in [-0.2, 0) is 27.1 Å². The zero-order chi connectivity index (χ0) is 56.8. The highest BCUT2D eigenvalue weighted by atomic mass is 28.4. The summed E-state index contributed by atoms with van der Waals surface area (Å²) in [6.45, 7) is 20.5. The molecular formula is C60H84N6O10Si. The van der Waals surface area contributed by atoms with Crippen molar-refractivity contribution in [2.75, 3.05) is 26.4 Å². The average molecular weight is 1080 g/mol. The summed E-state index contributed by atoms with van der Waals surface area (Å²) >= 11 is 0. The molecule has 0 spiro atoms. The molecule has 418 valence electrons. The fourth-order valence-corrected chi connectivity index (χ4v) is 8.81. The lowest BCUT2D eigenvalue weighted by atomic mass is 9.90. The molecule has 2 saturated carbocycles. The Labute approximate surface area is 458 Å². The van der Waals surface area contributed by atoms with Crippen LogP contribution < -0.4 is 30.9 Å². The summed E-state index contributed by atoms with van der Waals surface area (Å²) in [6, 6.07) is 28.9. The van der Waals surface area contributed by atoms with Crippen LogP contribution >= 0.6 is 0 Å². The van der Waals surface area contributed by atoms with Crippen molar-refractivity contribution in [2.45, 2.75) is 162 Å². The van der Waals surface area contributed by atoms with Crippen LogP contribution in [0.15, 0.2) is 84.9 Å². The molecule has 0 heterocycles. The van der Waals surface area contributed by atoms with E-state index in [0.29, 0.717) is 58.9 Å². The number of nitrogens with zero attached hydrogens (tertiary/aromatic N) is 3. The molecule has 4 aromatic rings. The summed E-state index contributed by atoms with van der Waals surface area (Å²) in [5.41, 5.74) is 8.99. The van der Waals surface area contributed by atoms with Gasteiger partial charge in [0.1, 0.15) is 42.0 Å². The van der Waals surface area contributed by atoms with E-state index in [-0.39, 0.29) is 42.9 Å². The molecule has 2 fully saturated rings. The van der Waals surface area contributed by atoms with Gasteiger partial charge in [0.2, 0.25) is 0 Å². The first-order chi connectivity index (χ1) is 36.7. The Balaban J connectivity index is 0.000000302. The SMILES string of the molecule is CC(C)(C)[Si](C)(C)OCC=O.CC(C)Oc1ccc(C(=O)NN(CCO)Cc2ccc(OCC3CCCCC3)cc2)cc1C#N.CC(C)Oc1ccc(C(=O)NN)cc1C#N.O=Cc1ccc(COC2CCCCC2)cc1. The molecule has 4 aromatic carbocycles. The number of nitrogens with one attached hydrogen (secondary N) is 2. The summed E-state index contributed by atoms with van der Waals surface area (Å²) in [4.78, 5) is 44.6. The van der Waals surface area contributed by atoms with Crippen molar-refractivity contribution >= 4 is 32.7 Å². The van der Waals surface area contributed by atoms with Crippen molar-refractivity contribution in [3.05, 3.63) is 124 Å². The number of nitriles is 2. The minimum Gasteiger partial charge on any atom is -0.493 e. The summed E-state index contributed by atoms with van der Waals surface area (Å²) < 4.78 is 28.4. The minimum atomic E-state index is -1.66. The Morgan fingerprint density at radius 2 is 1.29 bits per heavy atom. The molecular weight excluding hydrogens is 993 g/mol. The highest BCUT2D eigenvalue weighted by Gasteiger charge is 2.36. The van der Waals surface area contributed by atoms with Crippen LogP contribution in [0.5, 0.6) is 17.2 Å². The molecule has 5 N–H and O–H groups in total. The third kappa shape index (κ3) is 24.2. The van der Waals surface area contributed by atoms with E-state index in [4.69, 9.17) is 34.5 Å². The second-order valence-electron chi connectivity index (χ2n) is 21.2. The zero-order valence-corrected chi connectivity index (χ0v) is 47.9. The molecule has 2 aliphatic rings. The van der Waals surface area contributed by atoms with E-state index in [0.717, 1.165) is 41.6 Å². The van der Waals surface area contributed by atoms with E-state index in [1.54, 1.807) is 29.3 Å². The largest absolute Gasteiger partial charge is 0.493 e. The van der Waals surface area contributed by atoms with Crippen LogP contribution in [0, 0.1) is 28.6 Å². The maximum Gasteiger partial charge on any atom is 0.265 e. The molecule has 17 heteroatoms. The molecule has 0 aliphatic heterocycles. The van der Waals surface area contributed by atoms with Gasteiger partial charge in [0.25, 0.3) is 11.8 Å². The van der Waals surface area contributed by atoms with Crippen LogP contribution in [0.25, 0.3) is 0 Å². The quantitative estimate of drug-likeness (QED) is 0.0200. The molecule has 2 aliphatic carbocycles. The molecule has 77 heavy (non-hydrogen) atoms. The number of hydrogen-bond donors (Lipinski definition) is 4. The maximum absolute atomic E-state index is 12.8. The van der Waals surface area contributed by atoms with E-state index in [1.807, 2.05) is 87.7 Å². The molecule has 0 unspecified atom stereocenters. The van der Waals surface area contributed by atoms with Gasteiger partial charge in [-0.3, -0.25) is 25.2 Å². The molecule has 6 rings (SSSR count). The zero-order valence-electron chi connectivity index (χ0n) is 46.9. The normalized spacial score (nSPS) is 13.7. The van der Waals surface area contributed by atoms with E-state index >= 15 is 0 Å². The molecule has 0 aromatic heterocycles. The number of nitrogen functional groups attached to an aromatic ring is 1. The second-order valence-corrected chi connectivity index (χ2v) is 26.0. The van der Waals surface area contributed by atoms with Gasteiger partial charge in [-0.25, -0.2) is 10.9 Å². The first kappa shape index (κ1) is 64.8. The maximum atomic E-state index is 12.8. The van der Waals surface area contributed by atoms with Crippen LogP contribution in [0.1, 0.15) is 166 Å². The van der Waals surface area contributed by atoms with E-state index < -0.39 is 14.2 Å². The Bertz CT molecular complexity index is 2490. The fourth-order valence-electron chi connectivity index (χ4n) is 7.89. The van der Waals surface area contributed by atoms with Crippen molar-refractivity contribution < 1.29 is 47.7 Å². The van der Waals surface area contributed by atoms with Crippen molar-refractivity contribution in [2.24, 2.45) is 11.8 Å². The summed E-state index contributed by atoms with van der Waals surface area (Å²) in [5, 5.41) is 29.7. The van der Waals surface area contributed by atoms with Crippen LogP contribution in [0.3, 0.4) is 0 Å². The summed E-state index contributed by atoms with van der Waals surface area (Å²) in [5.74, 6) is 6.62. The number of amides is 2. The van der Waals surface area contributed by atoms with Gasteiger partial charge in [0, 0.05) is 29.8 Å². The van der Waals surface area contributed by atoms with E-state index in [9.17, 15) is 29.5 Å². The Morgan fingerprint density at radius 1 is 0.766 bits per heavy atom. The van der Waals surface area contributed by atoms with Crippen molar-refractivity contribution in [3.63, 3.8) is 0 Å². The average Bonchev–Trinajstić information content (AvgIpc) is 3.42. The number of carbonyl (C=O) groups is 4. The number of aldehydes is 2. The van der Waals surface area contributed by atoms with Gasteiger partial charge in [-0.1, -0.05) is 95.7 Å². The first-order valence-corrected chi connectivity index (χ1v) is 29.7. The minimum absolute atomic E-state index is 0.0266. The van der Waals surface area contributed by atoms with Gasteiger partial charge >= 0.3 is 0 Å². The molecule has 0 saturated heterocycles. The number of ether oxygens (including phenoxy) is 4. The number of carbonyl (C=O) groups excluding carboxylic acids is 4. The van der Waals surface area contributed by atoms with Crippen molar-refractivity contribution in [3.8, 4) is 29.4 Å². The molecule has 2 amide bonds. The number of nitrogens with two attached hydrogens (primary N) is 1. The number of benzene rings is 4. The molecule has 0 atom stereocenters. The molecule has 16 nitrogen and oxygen atoms in total. The lowest BCUT2D eigenvalue weighted by molar-refractivity contribution is -0.109. The van der Waals surface area contributed by atoms with Crippen LogP contribution in [-0.4, -0.2) is 87.5 Å². The number of rotatable bonds is 21. The van der Waals surface area contributed by atoms with Gasteiger partial charge in [0.15, 0.2) is 8.32 Å². The molecule has 0 radical (unpaired) electrons. The predicted octanol–water partition coefficient (Wildman–Crippen LogP) is 10.9. The van der Waals surface area contributed by atoms with Gasteiger partial charge in [-0.05, 0) is 137 Å². The predicted molar refractivity (Wildman–Crippen MR) is 302 cm³/mol. The fraction of sp³-hybridized carbons (Fsp3) is 0.500. The number of aliphatic hydroxyl groups excluding tert-OH is 1. The highest BCUT2D eigenvalue weighted by molar-refractivity contribution is 6.74. The van der Waals surface area contributed by atoms with Crippen molar-refractivity contribution in [1.29, 1.82) is 10.5 Å². The third-order valence-electron chi connectivity index (χ3n) is 13.2. The van der Waals surface area contributed by atoms with Gasteiger partial charge in [-0.2, -0.15) is 10.5 Å². The van der Waals surface area contributed by atoms with E-state index in [2.05, 4.69) is 45.4 Å². The smallest absolute Gasteiger partial charge is 0.265 e. The lowest BCUT2D eigenvalue weighted by Crippen LogP contribution is -2.43. The first-order valence-electron chi connectivity index (χ1n) is 26.8. The Kier molecular flexibility index (Phi) is 28.9. The number of hydrogen-bond acceptors (Lipinski definition) is 14. The lowest BCUT2D eigenvalue weighted by Gasteiger charge is -2.35. The molecule has 0 bridgehead atoms. The third-order valence-corrected chi connectivity index (χ3v) is 17.7. The Morgan fingerprint density at radius 3 is 1.75 bits per heavy atom. The summed E-state index contributed by atoms with van der Waals surface area (Å²) in [6.07, 6.45) is 14.8. The van der Waals surface area contributed by atoms with Gasteiger partial charge in [-0.15, -0.1) is 0 Å². The number of hydrazine groups is 2. The van der Waals surface area contributed by atoms with Crippen molar-refractivity contribution in [1.82, 2.24) is 15.9 Å². The van der Waals surface area contributed by atoms with Gasteiger partial charge < -0.3 is 33.3 Å². The highest BCUT2D eigenvalue weighted by Crippen LogP contribution is 2.36. The number of aliphatic hydroxyl groups is 1. The Hall–Kier alpha value is -6.44. The summed E-state index contributed by atoms with van der Waals surface area (Å²) in [7, 11) is -1.66. The second kappa shape index (κ2) is 34.3. The monoisotopic (exact) mass is 1080 g/mol. The van der Waals surface area contributed by atoms with Crippen LogP contribution in [0.4, 0.5) is 0 Å². The van der Waals surface area contributed by atoms with Crippen LogP contribution in [0.2, 0.25) is 18.1 Å². The topological polar surface area (TPSA) is 236 Å². The standard InChI is InChI=1S/C27H35N3O4.C14H18O2.C11H13N3O2.C8H18O2Si/c1-20(2)34-26-13-10-23(16-24(26)17-28)27(32)29-30(14-15-31)18-21-8-11-25(12-9-21)33-19-22-6-4-3-5-7-22;15-10-12-6-8-13(9-7-12)11-16-14-4-2-1-3-5-14;1-7(2)16-10-4-3-8(11(15)14-13)5-9(10)6-12;1-8(2,3)11(4,5)10-7-6-9/h8-13,16,20,22,31H,3-7,14-15,18-19H2,1-2H3,(H,29,32);6-10,14H,1-5,11H2;3-5,7H,13H2,1-2H3,(H,14,15);6H,7H2,1-5H3. The van der Waals surface area contributed by atoms with Gasteiger partial charge in [0.05, 0.1) is 55.9 Å².